The average Bonchev–Trinajstić information content (AvgIpc) is 3.31. The number of amides is 3. The molecule has 3 amide bonds. The molecule has 0 unspecified atom stereocenters. The minimum atomic E-state index is -1.31. The molecule has 2 atom stereocenters. The lowest BCUT2D eigenvalue weighted by atomic mass is 9.47. The molecule has 1 fully saturated rings. The molecule has 0 radical (unpaired) electrons. The highest BCUT2D eigenvalue weighted by Crippen LogP contribution is 2.64. The van der Waals surface area contributed by atoms with Gasteiger partial charge in [-0.25, -0.2) is 10.3 Å². The van der Waals surface area contributed by atoms with Gasteiger partial charge in [0, 0.05) is 35.4 Å². The second-order valence-electron chi connectivity index (χ2n) is 11.3. The minimum absolute atomic E-state index is 0.0833. The molecular formula is C33H22ClN5O7. The Balaban J connectivity index is 1.33. The number of anilines is 1. The van der Waals surface area contributed by atoms with Crippen molar-refractivity contribution in [1.29, 1.82) is 0 Å². The van der Waals surface area contributed by atoms with E-state index in [2.05, 4.69) is 10.5 Å². The summed E-state index contributed by atoms with van der Waals surface area (Å²) in [5.74, 6) is -4.14. The largest absolute Gasteiger partial charge is 0.294 e. The molecule has 0 aromatic heterocycles. The second kappa shape index (κ2) is 10.7. The third kappa shape index (κ3) is 4.21. The van der Waals surface area contributed by atoms with E-state index in [4.69, 9.17) is 11.6 Å². The van der Waals surface area contributed by atoms with E-state index in [0.717, 1.165) is 33.2 Å². The van der Waals surface area contributed by atoms with Crippen molar-refractivity contribution in [2.45, 2.75) is 17.8 Å². The number of hydrogen-bond donors (Lipinski definition) is 1. The predicted octanol–water partition coefficient (Wildman–Crippen LogP) is 5.05. The van der Waals surface area contributed by atoms with Crippen LogP contribution in [0.25, 0.3) is 0 Å². The first-order valence-corrected chi connectivity index (χ1v) is 14.6. The first-order chi connectivity index (χ1) is 22.1. The Bertz CT molecular complexity index is 1980. The average molecular weight is 636 g/mol. The molecule has 4 aromatic carbocycles. The molecule has 0 saturated carbocycles. The molecule has 1 aliphatic heterocycles. The maximum Gasteiger partial charge on any atom is 0.294 e. The van der Waals surface area contributed by atoms with Crippen molar-refractivity contribution in [2.24, 2.45) is 16.9 Å². The smallest absolute Gasteiger partial charge is 0.274 e. The number of halogens is 1. The number of hydrogen-bond acceptors (Lipinski definition) is 8. The summed E-state index contributed by atoms with van der Waals surface area (Å²) in [5, 5.41) is 27.4. The fourth-order valence-electron chi connectivity index (χ4n) is 7.29. The van der Waals surface area contributed by atoms with Crippen molar-refractivity contribution in [3.8, 4) is 0 Å². The normalized spacial score (nSPS) is 22.4. The van der Waals surface area contributed by atoms with Gasteiger partial charge in [-0.2, -0.15) is 5.10 Å². The van der Waals surface area contributed by atoms with Crippen LogP contribution in [0.15, 0.2) is 96.1 Å². The summed E-state index contributed by atoms with van der Waals surface area (Å²) in [6.45, 7) is 0. The van der Waals surface area contributed by atoms with E-state index in [1.54, 1.807) is 0 Å². The zero-order valence-corrected chi connectivity index (χ0v) is 24.5. The van der Waals surface area contributed by atoms with Crippen LogP contribution in [0.3, 0.4) is 0 Å². The number of rotatable bonds is 7. The van der Waals surface area contributed by atoms with Crippen LogP contribution < -0.4 is 10.3 Å². The Labute approximate surface area is 265 Å². The van der Waals surface area contributed by atoms with Crippen molar-refractivity contribution in [3.05, 3.63) is 144 Å². The van der Waals surface area contributed by atoms with Crippen LogP contribution in [-0.2, 0) is 26.2 Å². The highest BCUT2D eigenvalue weighted by atomic mass is 35.5. The first kappa shape index (κ1) is 29.0. The van der Waals surface area contributed by atoms with E-state index in [1.165, 1.54) is 42.6 Å². The van der Waals surface area contributed by atoms with Crippen molar-refractivity contribution >= 4 is 52.6 Å². The fraction of sp³-hybridized carbons (Fsp3) is 0.152. The Morgan fingerprint density at radius 1 is 0.891 bits per heavy atom. The van der Waals surface area contributed by atoms with Gasteiger partial charge in [0.25, 0.3) is 11.4 Å². The fourth-order valence-corrected chi connectivity index (χ4v) is 7.45. The van der Waals surface area contributed by atoms with Crippen molar-refractivity contribution < 1.29 is 24.2 Å². The molecular weight excluding hydrogens is 614 g/mol. The standard InChI is InChI=1S/C33H22ClN5O7/c34-19-11-14-25(26(16-19)39(45)46)37-31(41)29-28-21-5-1-3-7-23(21)33(30(29)32(37)42,24-8-4-2-6-22(24)28)17-35-36-27(40)15-18-9-12-20(13-10-18)38(43)44/h1-14,16-17,28-30H,15H2,(H,36,40)/b35-17-/t28?,29-,30-,33?/m1/s1. The van der Waals surface area contributed by atoms with E-state index >= 15 is 0 Å². The summed E-state index contributed by atoms with van der Waals surface area (Å²) in [5.41, 5.74) is 4.10. The van der Waals surface area contributed by atoms with Crippen LogP contribution in [0, 0.1) is 32.1 Å². The quantitative estimate of drug-likeness (QED) is 0.128. The van der Waals surface area contributed by atoms with Crippen molar-refractivity contribution in [1.82, 2.24) is 5.43 Å². The van der Waals surface area contributed by atoms with Gasteiger partial charge < -0.3 is 0 Å². The summed E-state index contributed by atoms with van der Waals surface area (Å²) in [4.78, 5) is 64.4. The van der Waals surface area contributed by atoms with Crippen LogP contribution in [0.5, 0.6) is 0 Å². The maximum atomic E-state index is 14.5. The molecule has 4 aliphatic rings. The van der Waals surface area contributed by atoms with Crippen molar-refractivity contribution in [2.75, 3.05) is 4.90 Å². The lowest BCUT2D eigenvalue weighted by Crippen LogP contribution is -2.54. The molecule has 12 nitrogen and oxygen atoms in total. The van der Waals surface area contributed by atoms with E-state index in [0.29, 0.717) is 5.56 Å². The number of hydrazone groups is 1. The van der Waals surface area contributed by atoms with Crippen molar-refractivity contribution in [3.63, 3.8) is 0 Å². The lowest BCUT2D eigenvalue weighted by Gasteiger charge is -2.52. The third-order valence-corrected chi connectivity index (χ3v) is 9.26. The summed E-state index contributed by atoms with van der Waals surface area (Å²) >= 11 is 6.04. The van der Waals surface area contributed by atoms with E-state index in [1.807, 2.05) is 48.5 Å². The summed E-state index contributed by atoms with van der Waals surface area (Å²) in [6.07, 6.45) is 1.37. The van der Waals surface area contributed by atoms with Gasteiger partial charge in [-0.15, -0.1) is 0 Å². The second-order valence-corrected chi connectivity index (χ2v) is 11.8. The van der Waals surface area contributed by atoms with Gasteiger partial charge in [0.1, 0.15) is 5.69 Å². The van der Waals surface area contributed by atoms with Gasteiger partial charge in [-0.1, -0.05) is 72.3 Å². The van der Waals surface area contributed by atoms with E-state index < -0.39 is 56.4 Å². The Morgan fingerprint density at radius 2 is 1.52 bits per heavy atom. The highest BCUT2D eigenvalue weighted by Gasteiger charge is 2.68. The van der Waals surface area contributed by atoms with Gasteiger partial charge in [-0.3, -0.25) is 34.6 Å². The van der Waals surface area contributed by atoms with Gasteiger partial charge in [-0.05, 0) is 39.9 Å². The number of imide groups is 1. The Morgan fingerprint density at radius 3 is 2.13 bits per heavy atom. The van der Waals surface area contributed by atoms with Gasteiger partial charge in [0.05, 0.1) is 33.5 Å². The Kier molecular flexibility index (Phi) is 6.74. The zero-order chi connectivity index (χ0) is 32.3. The maximum absolute atomic E-state index is 14.5. The number of carbonyl (C=O) groups excluding carboxylic acids is 3. The van der Waals surface area contributed by atoms with E-state index in [9.17, 15) is 34.6 Å². The van der Waals surface area contributed by atoms with Gasteiger partial charge in [0.2, 0.25) is 17.7 Å². The SMILES string of the molecule is O=C(Cc1ccc([N+](=O)[O-])cc1)N/N=C\C12c3ccccc3C(c3ccccc31)[C@H]1C(=O)N(c3ccc(Cl)cc3[N+](=O)[O-])C(=O)[C@@H]12. The van der Waals surface area contributed by atoms with Crippen LogP contribution in [0.4, 0.5) is 17.1 Å². The molecule has 228 valence electrons. The highest BCUT2D eigenvalue weighted by molar-refractivity contribution is 6.31. The summed E-state index contributed by atoms with van der Waals surface area (Å²) in [7, 11) is 0. The molecule has 4 aromatic rings. The number of nitrogens with zero attached hydrogens (tertiary/aromatic N) is 4. The third-order valence-electron chi connectivity index (χ3n) is 9.03. The first-order valence-electron chi connectivity index (χ1n) is 14.2. The predicted molar refractivity (Wildman–Crippen MR) is 167 cm³/mol. The number of nitro benzene ring substituents is 2. The number of non-ortho nitro benzene ring substituents is 1. The number of nitrogens with one attached hydrogen (secondary N) is 1. The van der Waals surface area contributed by atoms with Crippen LogP contribution >= 0.6 is 11.6 Å². The molecule has 8 rings (SSSR count). The topological polar surface area (TPSA) is 165 Å². The van der Waals surface area contributed by atoms with Crippen LogP contribution in [0.1, 0.15) is 33.7 Å². The number of carbonyl (C=O) groups is 3. The van der Waals surface area contributed by atoms with E-state index in [-0.39, 0.29) is 22.8 Å². The molecule has 13 heteroatoms. The van der Waals surface area contributed by atoms with Crippen LogP contribution in [-0.4, -0.2) is 33.8 Å². The van der Waals surface area contributed by atoms with Gasteiger partial charge >= 0.3 is 0 Å². The molecule has 1 N–H and O–H groups in total. The molecule has 1 saturated heterocycles. The van der Waals surface area contributed by atoms with Gasteiger partial charge in [0.15, 0.2) is 0 Å². The van der Waals surface area contributed by atoms with Crippen LogP contribution in [0.2, 0.25) is 5.02 Å². The molecule has 46 heavy (non-hydrogen) atoms. The Hall–Kier alpha value is -5.75. The monoisotopic (exact) mass is 635 g/mol. The molecule has 1 heterocycles. The minimum Gasteiger partial charge on any atom is -0.274 e. The number of nitro groups is 2. The lowest BCUT2D eigenvalue weighted by molar-refractivity contribution is -0.384. The molecule has 0 spiro atoms. The molecule has 2 bridgehead atoms. The molecule has 3 aliphatic carbocycles. The summed E-state index contributed by atoms with van der Waals surface area (Å²) in [6, 6.07) is 24.2. The number of benzene rings is 4. The summed E-state index contributed by atoms with van der Waals surface area (Å²) < 4.78 is 0. The zero-order valence-electron chi connectivity index (χ0n) is 23.7.